The number of hydrogen-bond donors (Lipinski definition) is 0. The summed E-state index contributed by atoms with van der Waals surface area (Å²) in [5.74, 6) is 0. The van der Waals surface area contributed by atoms with Crippen LogP contribution in [-0.4, -0.2) is 13.2 Å². The molecule has 0 unspecified atom stereocenters. The molecule has 0 aliphatic rings. The van der Waals surface area contributed by atoms with Gasteiger partial charge in [0.25, 0.3) is 0 Å². The highest BCUT2D eigenvalue weighted by Gasteiger charge is 1.92. The molecule has 0 bridgehead atoms. The Kier molecular flexibility index (Phi) is 13.7. The Morgan fingerprint density at radius 1 is 0.600 bits per heavy atom. The first-order valence-corrected chi connectivity index (χ1v) is 5.99. The van der Waals surface area contributed by atoms with E-state index in [0.29, 0.717) is 13.2 Å². The molecule has 0 heterocycles. The van der Waals surface area contributed by atoms with E-state index in [2.05, 4.69) is 21.9 Å². The van der Waals surface area contributed by atoms with Gasteiger partial charge in [-0.2, -0.15) is 0 Å². The zero-order chi connectivity index (χ0) is 11.2. The van der Waals surface area contributed by atoms with E-state index in [1.165, 1.54) is 32.1 Å². The molecule has 0 saturated carbocycles. The molecule has 0 aromatic rings. The van der Waals surface area contributed by atoms with Crippen LogP contribution in [0.25, 0.3) is 0 Å². The number of rotatable bonds is 12. The lowest BCUT2D eigenvalue weighted by Crippen LogP contribution is -2.00. The van der Waals surface area contributed by atoms with Crippen LogP contribution in [0.3, 0.4) is 0 Å². The molecular weight excluding hydrogens is 196 g/mol. The second kappa shape index (κ2) is 13.8. The summed E-state index contributed by atoms with van der Waals surface area (Å²) in [6.07, 6.45) is 8.26. The monoisotopic (exact) mass is 220 g/mol. The van der Waals surface area contributed by atoms with Crippen molar-refractivity contribution in [2.75, 3.05) is 13.2 Å². The van der Waals surface area contributed by atoms with Crippen LogP contribution in [0.15, 0.2) is 0 Å². The first-order valence-electron chi connectivity index (χ1n) is 5.99. The van der Waals surface area contributed by atoms with Crippen molar-refractivity contribution in [2.45, 2.75) is 58.8 Å². The molecule has 0 fully saturated rings. The van der Waals surface area contributed by atoms with E-state index in [9.17, 15) is 0 Å². The second-order valence-electron chi connectivity index (χ2n) is 3.55. The fraction of sp³-hybridized carbons (Fsp3) is 1.00. The zero-order valence-electron chi connectivity index (χ0n) is 10.00. The maximum Gasteiger partial charge on any atom is 0.0854 e. The van der Waals surface area contributed by atoms with Gasteiger partial charge in [0, 0.05) is 0 Å². The molecule has 0 atom stereocenters. The first kappa shape index (κ1) is 14.8. The molecule has 0 aromatic carbocycles. The van der Waals surface area contributed by atoms with Gasteiger partial charge in [-0.1, -0.05) is 46.0 Å². The summed E-state index contributed by atoms with van der Waals surface area (Å²) < 4.78 is 0. The maximum absolute atomic E-state index is 4.74. The third-order valence-corrected chi connectivity index (χ3v) is 1.99. The maximum atomic E-state index is 4.74. The van der Waals surface area contributed by atoms with E-state index in [4.69, 9.17) is 4.89 Å². The Hall–Kier alpha value is -0.160. The summed E-state index contributed by atoms with van der Waals surface area (Å²) in [5, 5.41) is 8.64. The largest absolute Gasteiger partial charge is 0.204 e. The lowest BCUT2D eigenvalue weighted by molar-refractivity contribution is -0.634. The predicted octanol–water partition coefficient (Wildman–Crippen LogP) is 3.57. The Bertz CT molecular complexity index is 96.8. The van der Waals surface area contributed by atoms with E-state index in [1.807, 2.05) is 6.92 Å². The molecule has 0 amide bonds. The average molecular weight is 220 g/mol. The van der Waals surface area contributed by atoms with Crippen molar-refractivity contribution >= 4 is 0 Å². The molecule has 0 aliphatic carbocycles. The molecule has 4 nitrogen and oxygen atoms in total. The summed E-state index contributed by atoms with van der Waals surface area (Å²) in [5.41, 5.74) is 0. The lowest BCUT2D eigenvalue weighted by atomic mass is 10.1. The minimum Gasteiger partial charge on any atom is -0.204 e. The quantitative estimate of drug-likeness (QED) is 0.286. The summed E-state index contributed by atoms with van der Waals surface area (Å²) >= 11 is 0. The van der Waals surface area contributed by atoms with Crippen molar-refractivity contribution in [3.63, 3.8) is 0 Å². The van der Waals surface area contributed by atoms with Crippen LogP contribution in [0, 0.1) is 0 Å². The van der Waals surface area contributed by atoms with E-state index in [-0.39, 0.29) is 0 Å². The van der Waals surface area contributed by atoms with Gasteiger partial charge in [0.2, 0.25) is 0 Å². The van der Waals surface area contributed by atoms with Gasteiger partial charge in [-0.3, -0.25) is 0 Å². The zero-order valence-corrected chi connectivity index (χ0v) is 10.00. The fourth-order valence-corrected chi connectivity index (χ4v) is 1.13. The van der Waals surface area contributed by atoms with Crippen LogP contribution in [0.2, 0.25) is 0 Å². The summed E-state index contributed by atoms with van der Waals surface area (Å²) in [7, 11) is 0. The second-order valence-corrected chi connectivity index (χ2v) is 3.55. The number of hydrogen-bond acceptors (Lipinski definition) is 4. The molecule has 92 valence electrons. The molecular formula is C11H24O4. The van der Waals surface area contributed by atoms with E-state index in [1.54, 1.807) is 0 Å². The molecule has 0 aliphatic heterocycles. The molecule has 0 rings (SSSR count). The standard InChI is InChI=1S/C11H24O4/c1-3-5-6-7-8-9-11-13-15-14-12-10-4-2/h3-11H2,1-2H3. The van der Waals surface area contributed by atoms with Gasteiger partial charge in [-0.15, -0.1) is 0 Å². The smallest absolute Gasteiger partial charge is 0.0854 e. The molecule has 0 radical (unpaired) electrons. The molecule has 0 N–H and O–H groups in total. The number of unbranched alkanes of at least 4 members (excludes halogenated alkanes) is 5. The third-order valence-electron chi connectivity index (χ3n) is 1.99. The highest BCUT2D eigenvalue weighted by atomic mass is 17.7. The predicted molar refractivity (Wildman–Crippen MR) is 57.7 cm³/mol. The van der Waals surface area contributed by atoms with Crippen LogP contribution < -0.4 is 0 Å². The molecule has 0 aromatic heterocycles. The summed E-state index contributed by atoms with van der Waals surface area (Å²) in [6.45, 7) is 5.27. The SMILES string of the molecule is CCCCCCCCOOOOCCC. The summed E-state index contributed by atoms with van der Waals surface area (Å²) in [6, 6.07) is 0. The van der Waals surface area contributed by atoms with Crippen molar-refractivity contribution in [3.8, 4) is 0 Å². The Labute approximate surface area is 92.6 Å². The van der Waals surface area contributed by atoms with Crippen LogP contribution in [0.1, 0.15) is 58.8 Å². The Morgan fingerprint density at radius 2 is 1.20 bits per heavy atom. The minimum absolute atomic E-state index is 0.514. The van der Waals surface area contributed by atoms with Crippen molar-refractivity contribution < 1.29 is 19.9 Å². The topological polar surface area (TPSA) is 36.9 Å². The van der Waals surface area contributed by atoms with E-state index >= 15 is 0 Å². The molecule has 0 saturated heterocycles. The molecule has 0 spiro atoms. The van der Waals surface area contributed by atoms with E-state index < -0.39 is 0 Å². The van der Waals surface area contributed by atoms with Gasteiger partial charge in [0.1, 0.15) is 0 Å². The highest BCUT2D eigenvalue weighted by Crippen LogP contribution is 2.04. The normalized spacial score (nSPS) is 10.8. The van der Waals surface area contributed by atoms with Gasteiger partial charge in [0.15, 0.2) is 0 Å². The van der Waals surface area contributed by atoms with Gasteiger partial charge < -0.3 is 0 Å². The highest BCUT2D eigenvalue weighted by molar-refractivity contribution is 4.41. The van der Waals surface area contributed by atoms with Crippen molar-refractivity contribution in [3.05, 3.63) is 0 Å². The summed E-state index contributed by atoms with van der Waals surface area (Å²) in [4.78, 5) is 9.33. The van der Waals surface area contributed by atoms with Crippen LogP contribution >= 0.6 is 0 Å². The van der Waals surface area contributed by atoms with Gasteiger partial charge in [0.05, 0.1) is 13.2 Å². The molecule has 15 heavy (non-hydrogen) atoms. The van der Waals surface area contributed by atoms with Crippen molar-refractivity contribution in [1.82, 2.24) is 0 Å². The van der Waals surface area contributed by atoms with Crippen LogP contribution in [0.5, 0.6) is 0 Å². The van der Waals surface area contributed by atoms with Gasteiger partial charge in [-0.25, -0.2) is 9.78 Å². The average Bonchev–Trinajstić information content (AvgIpc) is 2.26. The van der Waals surface area contributed by atoms with Crippen molar-refractivity contribution in [1.29, 1.82) is 0 Å². The van der Waals surface area contributed by atoms with Gasteiger partial charge >= 0.3 is 0 Å². The Morgan fingerprint density at radius 3 is 1.87 bits per heavy atom. The molecule has 4 heteroatoms. The van der Waals surface area contributed by atoms with Gasteiger partial charge in [-0.05, 0) is 22.9 Å². The minimum atomic E-state index is 0.514. The van der Waals surface area contributed by atoms with Crippen LogP contribution in [-0.2, 0) is 19.9 Å². The third kappa shape index (κ3) is 13.8. The van der Waals surface area contributed by atoms with Crippen molar-refractivity contribution in [2.24, 2.45) is 0 Å². The first-order chi connectivity index (χ1) is 7.41. The van der Waals surface area contributed by atoms with E-state index in [0.717, 1.165) is 12.8 Å². The lowest BCUT2D eigenvalue weighted by Gasteiger charge is -2.02. The van der Waals surface area contributed by atoms with Crippen LogP contribution in [0.4, 0.5) is 0 Å². The Balaban J connectivity index is 2.81. The fourth-order valence-electron chi connectivity index (χ4n) is 1.13.